The zero-order valence-electron chi connectivity index (χ0n) is 13.3. The number of alkyl halides is 3. The molecule has 2 aliphatic rings. The molecule has 0 aromatic rings. The number of carbonyl (C=O) groups excluding carboxylic acids is 1. The molecule has 3 unspecified atom stereocenters. The van der Waals surface area contributed by atoms with Crippen molar-refractivity contribution in [2.24, 2.45) is 10.9 Å². The normalized spacial score (nSPS) is 35.7. The lowest BCUT2D eigenvalue weighted by molar-refractivity contribution is -0.266. The molecule has 0 aromatic heterocycles. The second-order valence-electron chi connectivity index (χ2n) is 6.79. The van der Waals surface area contributed by atoms with Crippen LogP contribution in [-0.4, -0.2) is 38.7 Å². The molecule has 23 heavy (non-hydrogen) atoms. The molecule has 130 valence electrons. The summed E-state index contributed by atoms with van der Waals surface area (Å²) in [6.45, 7) is 9.17. The number of nitrogens with one attached hydrogen (secondary N) is 1. The predicted octanol–water partition coefficient (Wildman–Crippen LogP) is 3.02. The Morgan fingerprint density at radius 3 is 2.57 bits per heavy atom. The van der Waals surface area contributed by atoms with Crippen molar-refractivity contribution >= 4 is 22.8 Å². The molecule has 1 aliphatic carbocycles. The van der Waals surface area contributed by atoms with Gasteiger partial charge < -0.3 is 10.4 Å². The maximum Gasteiger partial charge on any atom is 0.417 e. The van der Waals surface area contributed by atoms with E-state index in [0.717, 1.165) is 0 Å². The van der Waals surface area contributed by atoms with Gasteiger partial charge in [-0.1, -0.05) is 37.8 Å². The molecule has 1 aliphatic heterocycles. The molecule has 0 radical (unpaired) electrons. The van der Waals surface area contributed by atoms with Crippen molar-refractivity contribution in [1.29, 1.82) is 0 Å². The second kappa shape index (κ2) is 5.81. The highest BCUT2D eigenvalue weighted by molar-refractivity contribution is 8.16. The lowest BCUT2D eigenvalue weighted by atomic mass is 9.79. The van der Waals surface area contributed by atoms with E-state index in [9.17, 15) is 23.1 Å². The molecular formula is C15H21F3N2O2S. The first-order chi connectivity index (χ1) is 10.4. The van der Waals surface area contributed by atoms with Gasteiger partial charge in [-0.05, 0) is 19.3 Å². The van der Waals surface area contributed by atoms with Gasteiger partial charge in [-0.3, -0.25) is 4.79 Å². The number of aliphatic imine (C=N–C) groups is 1. The van der Waals surface area contributed by atoms with Gasteiger partial charge in [-0.2, -0.15) is 18.2 Å². The first kappa shape index (κ1) is 18.3. The molecule has 4 nitrogen and oxygen atoms in total. The Kier molecular flexibility index (Phi) is 4.62. The van der Waals surface area contributed by atoms with Gasteiger partial charge in [0.15, 0.2) is 10.8 Å². The topological polar surface area (TPSA) is 61.7 Å². The zero-order chi connectivity index (χ0) is 17.6. The Morgan fingerprint density at radius 2 is 2.09 bits per heavy atom. The monoisotopic (exact) mass is 350 g/mol. The van der Waals surface area contributed by atoms with Crippen LogP contribution in [0.4, 0.5) is 13.2 Å². The number of amides is 1. The number of thioether (sulfide) groups is 1. The van der Waals surface area contributed by atoms with Crippen molar-refractivity contribution in [1.82, 2.24) is 5.32 Å². The van der Waals surface area contributed by atoms with Crippen LogP contribution in [0.25, 0.3) is 0 Å². The summed E-state index contributed by atoms with van der Waals surface area (Å²) >= 11 is 1.23. The van der Waals surface area contributed by atoms with Crippen molar-refractivity contribution in [3.63, 3.8) is 0 Å². The van der Waals surface area contributed by atoms with E-state index in [1.807, 2.05) is 13.8 Å². The lowest BCUT2D eigenvalue weighted by Gasteiger charge is -2.39. The van der Waals surface area contributed by atoms with E-state index < -0.39 is 35.4 Å². The minimum absolute atomic E-state index is 0.0384. The van der Waals surface area contributed by atoms with E-state index in [0.29, 0.717) is 17.2 Å². The van der Waals surface area contributed by atoms with Gasteiger partial charge in [0, 0.05) is 18.9 Å². The first-order valence-corrected chi connectivity index (χ1v) is 8.23. The largest absolute Gasteiger partial charge is 0.417 e. The highest BCUT2D eigenvalue weighted by Crippen LogP contribution is 2.44. The molecule has 2 rings (SSSR count). The Morgan fingerprint density at radius 1 is 1.48 bits per heavy atom. The fraction of sp³-hybridized carbons (Fsp3) is 0.733. The molecule has 2 N–H and O–H groups in total. The number of carbonyl (C=O) groups is 1. The minimum atomic E-state index is -4.72. The molecular weight excluding hydrogens is 329 g/mol. The molecule has 8 heteroatoms. The van der Waals surface area contributed by atoms with Gasteiger partial charge in [0.25, 0.3) is 5.91 Å². The zero-order valence-corrected chi connectivity index (χ0v) is 14.1. The second-order valence-corrected chi connectivity index (χ2v) is 8.23. The van der Waals surface area contributed by atoms with Gasteiger partial charge in [0.2, 0.25) is 0 Å². The van der Waals surface area contributed by atoms with Crippen LogP contribution >= 0.6 is 11.8 Å². The average molecular weight is 350 g/mol. The summed E-state index contributed by atoms with van der Waals surface area (Å²) in [7, 11) is 0. The number of aliphatic hydroxyl groups is 1. The third-order valence-corrected chi connectivity index (χ3v) is 6.03. The molecule has 0 bridgehead atoms. The van der Waals surface area contributed by atoms with Crippen molar-refractivity contribution < 1.29 is 23.1 Å². The highest BCUT2D eigenvalue weighted by atomic mass is 32.2. The van der Waals surface area contributed by atoms with Gasteiger partial charge in [-0.25, -0.2) is 0 Å². The van der Waals surface area contributed by atoms with E-state index in [1.54, 1.807) is 6.92 Å². The Bertz CT molecular complexity index is 561. The summed E-state index contributed by atoms with van der Waals surface area (Å²) in [6, 6.07) is -0.656. The van der Waals surface area contributed by atoms with E-state index in [2.05, 4.69) is 16.9 Å². The lowest BCUT2D eigenvalue weighted by Crippen LogP contribution is -2.53. The van der Waals surface area contributed by atoms with Crippen molar-refractivity contribution in [3.8, 4) is 0 Å². The highest BCUT2D eigenvalue weighted by Gasteiger charge is 2.56. The van der Waals surface area contributed by atoms with Gasteiger partial charge in [0.1, 0.15) is 4.75 Å². The van der Waals surface area contributed by atoms with E-state index in [4.69, 9.17) is 0 Å². The summed E-state index contributed by atoms with van der Waals surface area (Å²) in [4.78, 5) is 16.0. The summed E-state index contributed by atoms with van der Waals surface area (Å²) in [5.74, 6) is -0.253. The number of nitrogens with zero attached hydrogens (tertiary/aromatic N) is 1. The summed E-state index contributed by atoms with van der Waals surface area (Å²) < 4.78 is 38.5. The van der Waals surface area contributed by atoms with Crippen LogP contribution in [0.2, 0.25) is 0 Å². The maximum absolute atomic E-state index is 13.1. The van der Waals surface area contributed by atoms with Crippen molar-refractivity contribution in [3.05, 3.63) is 12.2 Å². The van der Waals surface area contributed by atoms with E-state index in [1.165, 1.54) is 11.8 Å². The van der Waals surface area contributed by atoms with Crippen LogP contribution in [0.3, 0.4) is 0 Å². The smallest absolute Gasteiger partial charge is 0.380 e. The summed E-state index contributed by atoms with van der Waals surface area (Å²) in [5.41, 5.74) is -2.45. The number of hydrogen-bond acceptors (Lipinski definition) is 4. The predicted molar refractivity (Wildman–Crippen MR) is 84.2 cm³/mol. The van der Waals surface area contributed by atoms with E-state index >= 15 is 0 Å². The van der Waals surface area contributed by atoms with Gasteiger partial charge in [0.05, 0.1) is 0 Å². The standard InChI is InChI=1S/C15H21F3N2O2S/c1-8(2)13(4)11(21)20-12(23-13)19-10-5-9(3)6-14(22,7-10)15(16,17)18/h8,10,22H,3,5-7H2,1-2,4H3,(H,19,20,21). The van der Waals surface area contributed by atoms with Gasteiger partial charge >= 0.3 is 6.18 Å². The summed E-state index contributed by atoms with van der Waals surface area (Å²) in [6.07, 6.45) is -5.38. The fourth-order valence-electron chi connectivity index (χ4n) is 2.78. The number of amidine groups is 1. The van der Waals surface area contributed by atoms with Crippen molar-refractivity contribution in [2.45, 2.75) is 62.6 Å². The van der Waals surface area contributed by atoms with Crippen LogP contribution in [0, 0.1) is 5.92 Å². The van der Waals surface area contributed by atoms with Crippen LogP contribution in [-0.2, 0) is 4.79 Å². The van der Waals surface area contributed by atoms with Gasteiger partial charge in [-0.15, -0.1) is 0 Å². The first-order valence-electron chi connectivity index (χ1n) is 7.42. The Hall–Kier alpha value is -1.02. The van der Waals surface area contributed by atoms with Crippen LogP contribution < -0.4 is 5.32 Å². The number of hydrogen-bond donors (Lipinski definition) is 2. The van der Waals surface area contributed by atoms with E-state index in [-0.39, 0.29) is 11.8 Å². The average Bonchev–Trinajstić information content (AvgIpc) is 2.63. The molecule has 1 saturated carbocycles. The SMILES string of the molecule is C=C1CC(NC2=NC(=O)C(C)(C(C)C)S2)CC(O)(C(F)(F)F)C1. The molecule has 1 amide bonds. The number of halogens is 3. The third kappa shape index (κ3) is 3.42. The maximum atomic E-state index is 13.1. The quantitative estimate of drug-likeness (QED) is 0.752. The molecule has 0 saturated heterocycles. The minimum Gasteiger partial charge on any atom is -0.380 e. The van der Waals surface area contributed by atoms with Crippen LogP contribution in [0.15, 0.2) is 17.1 Å². The van der Waals surface area contributed by atoms with Crippen LogP contribution in [0.5, 0.6) is 0 Å². The van der Waals surface area contributed by atoms with Crippen LogP contribution in [0.1, 0.15) is 40.0 Å². The van der Waals surface area contributed by atoms with Crippen molar-refractivity contribution in [2.75, 3.05) is 0 Å². The number of rotatable bonds is 2. The molecule has 0 aromatic carbocycles. The Balaban J connectivity index is 2.11. The molecule has 1 fully saturated rings. The molecule has 0 spiro atoms. The fourth-order valence-corrected chi connectivity index (χ4v) is 3.90. The summed E-state index contributed by atoms with van der Waals surface area (Å²) in [5, 5.41) is 13.1. The molecule has 3 atom stereocenters. The molecule has 1 heterocycles. The third-order valence-electron chi connectivity index (χ3n) is 4.56. The Labute approximate surface area is 137 Å².